The van der Waals surface area contributed by atoms with Crippen molar-refractivity contribution in [2.24, 2.45) is 0 Å². The molecule has 0 heterocycles. The Hall–Kier alpha value is -2.84. The van der Waals surface area contributed by atoms with Crippen molar-refractivity contribution in [3.63, 3.8) is 0 Å². The predicted octanol–water partition coefficient (Wildman–Crippen LogP) is 4.19. The zero-order chi connectivity index (χ0) is 17.7. The van der Waals surface area contributed by atoms with Crippen LogP contribution >= 0.6 is 0 Å². The van der Waals surface area contributed by atoms with Crippen molar-refractivity contribution in [3.8, 4) is 5.75 Å². The van der Waals surface area contributed by atoms with E-state index in [1.54, 1.807) is 0 Å². The number of urea groups is 1. The van der Waals surface area contributed by atoms with Crippen molar-refractivity contribution in [3.05, 3.63) is 59.7 Å². The Kier molecular flexibility index (Phi) is 5.22. The fourth-order valence-electron chi connectivity index (χ4n) is 1.79. The highest BCUT2D eigenvalue weighted by atomic mass is 19.4. The molecule has 9 heteroatoms. The van der Waals surface area contributed by atoms with Gasteiger partial charge in [-0.05, 0) is 29.8 Å². The molecule has 0 spiro atoms. The first kappa shape index (κ1) is 17.5. The average molecular weight is 346 g/mol. The van der Waals surface area contributed by atoms with Crippen LogP contribution in [0.25, 0.3) is 0 Å². The smallest absolute Gasteiger partial charge is 0.406 e. The van der Waals surface area contributed by atoms with E-state index in [9.17, 15) is 26.7 Å². The minimum absolute atomic E-state index is 0.141. The maximum Gasteiger partial charge on any atom is 0.573 e. The molecule has 0 fully saturated rings. The standard InChI is InChI=1S/C15H11F5N2O2/c16-10-4-5-12(17)13(7-10)22-14(23)21-8-9-2-1-3-11(6-9)24-15(18,19)20/h1-7H,8H2,(H2,21,22,23). The first-order valence-electron chi connectivity index (χ1n) is 6.57. The van der Waals surface area contributed by atoms with Crippen LogP contribution in [0.15, 0.2) is 42.5 Å². The van der Waals surface area contributed by atoms with E-state index in [0.29, 0.717) is 5.56 Å². The fourth-order valence-corrected chi connectivity index (χ4v) is 1.79. The lowest BCUT2D eigenvalue weighted by atomic mass is 10.2. The molecule has 0 atom stereocenters. The second kappa shape index (κ2) is 7.16. The molecule has 2 aromatic carbocycles. The van der Waals surface area contributed by atoms with Gasteiger partial charge in [-0.25, -0.2) is 13.6 Å². The number of rotatable bonds is 4. The van der Waals surface area contributed by atoms with Gasteiger partial charge in [0, 0.05) is 12.6 Å². The zero-order valence-electron chi connectivity index (χ0n) is 12.0. The summed E-state index contributed by atoms with van der Waals surface area (Å²) in [6.45, 7) is -0.141. The van der Waals surface area contributed by atoms with Crippen LogP contribution in [0.1, 0.15) is 5.56 Å². The van der Waals surface area contributed by atoms with Crippen molar-refractivity contribution in [1.82, 2.24) is 5.32 Å². The summed E-state index contributed by atoms with van der Waals surface area (Å²) in [4.78, 5) is 11.6. The van der Waals surface area contributed by atoms with Gasteiger partial charge >= 0.3 is 12.4 Å². The SMILES string of the molecule is O=C(NCc1cccc(OC(F)(F)F)c1)Nc1cc(F)ccc1F. The van der Waals surface area contributed by atoms with E-state index in [0.717, 1.165) is 30.3 Å². The molecule has 128 valence electrons. The number of amides is 2. The Morgan fingerprint density at radius 3 is 2.54 bits per heavy atom. The summed E-state index contributed by atoms with van der Waals surface area (Å²) in [6.07, 6.45) is -4.82. The molecule has 2 aromatic rings. The predicted molar refractivity (Wildman–Crippen MR) is 75.3 cm³/mol. The lowest BCUT2D eigenvalue weighted by Gasteiger charge is -2.11. The number of nitrogens with one attached hydrogen (secondary N) is 2. The van der Waals surface area contributed by atoms with E-state index >= 15 is 0 Å². The Morgan fingerprint density at radius 1 is 1.08 bits per heavy atom. The molecule has 0 aliphatic carbocycles. The Morgan fingerprint density at radius 2 is 1.83 bits per heavy atom. The maximum atomic E-state index is 13.4. The molecule has 0 saturated heterocycles. The van der Waals surface area contributed by atoms with Crippen LogP contribution in [0, 0.1) is 11.6 Å². The molecule has 24 heavy (non-hydrogen) atoms. The van der Waals surface area contributed by atoms with E-state index in [1.165, 1.54) is 12.1 Å². The van der Waals surface area contributed by atoms with Crippen LogP contribution < -0.4 is 15.4 Å². The van der Waals surface area contributed by atoms with E-state index in [-0.39, 0.29) is 12.2 Å². The molecule has 0 radical (unpaired) electrons. The fraction of sp³-hybridized carbons (Fsp3) is 0.133. The summed E-state index contributed by atoms with van der Waals surface area (Å²) in [5.74, 6) is -1.99. The number of carbonyl (C=O) groups excluding carboxylic acids is 1. The highest BCUT2D eigenvalue weighted by Gasteiger charge is 2.31. The number of hydrogen-bond donors (Lipinski definition) is 2. The summed E-state index contributed by atoms with van der Waals surface area (Å²) in [7, 11) is 0. The van der Waals surface area contributed by atoms with E-state index in [4.69, 9.17) is 0 Å². The first-order chi connectivity index (χ1) is 11.2. The van der Waals surface area contributed by atoms with Gasteiger partial charge in [0.15, 0.2) is 0 Å². The van der Waals surface area contributed by atoms with Gasteiger partial charge in [0.25, 0.3) is 0 Å². The monoisotopic (exact) mass is 346 g/mol. The molecule has 2 N–H and O–H groups in total. The number of hydrogen-bond acceptors (Lipinski definition) is 2. The average Bonchev–Trinajstić information content (AvgIpc) is 2.48. The molecule has 4 nitrogen and oxygen atoms in total. The van der Waals surface area contributed by atoms with Crippen LogP contribution in [-0.2, 0) is 6.54 Å². The Labute approximate surface area is 133 Å². The Balaban J connectivity index is 1.94. The Bertz CT molecular complexity index is 734. The van der Waals surface area contributed by atoms with Gasteiger partial charge in [-0.1, -0.05) is 12.1 Å². The second-order valence-electron chi connectivity index (χ2n) is 4.63. The van der Waals surface area contributed by atoms with E-state index < -0.39 is 29.8 Å². The number of benzene rings is 2. The molecule has 0 saturated carbocycles. The summed E-state index contributed by atoms with van der Waals surface area (Å²) >= 11 is 0. The topological polar surface area (TPSA) is 50.4 Å². The van der Waals surface area contributed by atoms with Gasteiger partial charge in [-0.15, -0.1) is 13.2 Å². The van der Waals surface area contributed by atoms with Crippen LogP contribution in [0.5, 0.6) is 5.75 Å². The maximum absolute atomic E-state index is 13.4. The largest absolute Gasteiger partial charge is 0.573 e. The summed E-state index contributed by atoms with van der Waals surface area (Å²) in [5, 5.41) is 4.41. The molecule has 0 aliphatic heterocycles. The molecular weight excluding hydrogens is 335 g/mol. The number of ether oxygens (including phenoxy) is 1. The number of alkyl halides is 3. The molecule has 0 unspecified atom stereocenters. The van der Waals surface area contributed by atoms with Crippen molar-refractivity contribution >= 4 is 11.7 Å². The van der Waals surface area contributed by atoms with Gasteiger partial charge in [0.2, 0.25) is 0 Å². The summed E-state index contributed by atoms with van der Waals surface area (Å²) in [5.41, 5.74) is -0.0340. The molecule has 0 bridgehead atoms. The van der Waals surface area contributed by atoms with E-state index in [1.807, 2.05) is 0 Å². The lowest BCUT2D eigenvalue weighted by Crippen LogP contribution is -2.28. The lowest BCUT2D eigenvalue weighted by molar-refractivity contribution is -0.274. The van der Waals surface area contributed by atoms with Crippen LogP contribution in [0.4, 0.5) is 32.4 Å². The third kappa shape index (κ3) is 5.41. The second-order valence-corrected chi connectivity index (χ2v) is 4.63. The van der Waals surface area contributed by atoms with E-state index in [2.05, 4.69) is 15.4 Å². The quantitative estimate of drug-likeness (QED) is 0.816. The van der Waals surface area contributed by atoms with Crippen LogP contribution in [0.2, 0.25) is 0 Å². The number of carbonyl (C=O) groups is 1. The van der Waals surface area contributed by atoms with Gasteiger partial charge in [-0.2, -0.15) is 0 Å². The van der Waals surface area contributed by atoms with Gasteiger partial charge < -0.3 is 15.4 Å². The van der Waals surface area contributed by atoms with Crippen LogP contribution in [0.3, 0.4) is 0 Å². The molecule has 0 aromatic heterocycles. The molecular formula is C15H11F5N2O2. The normalized spacial score (nSPS) is 11.0. The van der Waals surface area contributed by atoms with Gasteiger partial charge in [0.05, 0.1) is 5.69 Å². The highest BCUT2D eigenvalue weighted by molar-refractivity contribution is 5.89. The van der Waals surface area contributed by atoms with Crippen molar-refractivity contribution in [2.75, 3.05) is 5.32 Å². The van der Waals surface area contributed by atoms with Gasteiger partial charge in [0.1, 0.15) is 17.4 Å². The van der Waals surface area contributed by atoms with Crippen LogP contribution in [-0.4, -0.2) is 12.4 Å². The zero-order valence-corrected chi connectivity index (χ0v) is 12.0. The third-order valence-electron chi connectivity index (χ3n) is 2.76. The molecule has 2 rings (SSSR count). The third-order valence-corrected chi connectivity index (χ3v) is 2.76. The summed E-state index contributed by atoms with van der Waals surface area (Å²) in [6, 6.07) is 6.69. The summed E-state index contributed by atoms with van der Waals surface area (Å²) < 4.78 is 66.5. The van der Waals surface area contributed by atoms with Crippen molar-refractivity contribution in [1.29, 1.82) is 0 Å². The van der Waals surface area contributed by atoms with Crippen molar-refractivity contribution in [2.45, 2.75) is 12.9 Å². The van der Waals surface area contributed by atoms with Crippen molar-refractivity contribution < 1.29 is 31.5 Å². The first-order valence-corrected chi connectivity index (χ1v) is 6.57. The molecule has 0 aliphatic rings. The number of anilines is 1. The highest BCUT2D eigenvalue weighted by Crippen LogP contribution is 2.23. The minimum atomic E-state index is -4.82. The number of halogens is 5. The van der Waals surface area contributed by atoms with Gasteiger partial charge in [-0.3, -0.25) is 0 Å². The molecule has 2 amide bonds. The minimum Gasteiger partial charge on any atom is -0.406 e.